The fourth-order valence-corrected chi connectivity index (χ4v) is 3.70. The van der Waals surface area contributed by atoms with Gasteiger partial charge < -0.3 is 5.11 Å². The van der Waals surface area contributed by atoms with Crippen molar-refractivity contribution >= 4 is 27.6 Å². The summed E-state index contributed by atoms with van der Waals surface area (Å²) in [5.41, 5.74) is 0.634. The topological polar surface area (TPSA) is 114 Å². The molecule has 7 nitrogen and oxygen atoms in total. The van der Waals surface area contributed by atoms with Crippen LogP contribution < -0.4 is 9.83 Å². The van der Waals surface area contributed by atoms with Gasteiger partial charge in [-0.3, -0.25) is 9.52 Å². The molecule has 24 heavy (non-hydrogen) atoms. The van der Waals surface area contributed by atoms with E-state index in [-0.39, 0.29) is 27.5 Å². The molecule has 0 amide bonds. The van der Waals surface area contributed by atoms with Crippen LogP contribution in [-0.2, 0) is 10.0 Å². The molecule has 2 aromatic carbocycles. The van der Waals surface area contributed by atoms with Gasteiger partial charge in [-0.15, -0.1) is 5.75 Å². The number of nitrogens with one attached hydrogen (secondary N) is 1. The lowest BCUT2D eigenvalue weighted by atomic mass is 9.93. The largest absolute Gasteiger partial charge is 0.872 e. The number of sulfonamides is 1. The van der Waals surface area contributed by atoms with Crippen LogP contribution in [0.3, 0.4) is 0 Å². The van der Waals surface area contributed by atoms with Gasteiger partial charge in [-0.1, -0.05) is 24.3 Å². The number of nitrogens with zero attached hydrogens (tertiary/aromatic N) is 2. The molecule has 3 rings (SSSR count). The third-order valence-electron chi connectivity index (χ3n) is 3.57. The van der Waals surface area contributed by atoms with Crippen molar-refractivity contribution in [3.63, 3.8) is 0 Å². The normalized spacial score (nSPS) is 16.3. The van der Waals surface area contributed by atoms with Gasteiger partial charge in [0.15, 0.2) is 0 Å². The Bertz CT molecular complexity index is 989. The fourth-order valence-electron chi connectivity index (χ4n) is 2.42. The van der Waals surface area contributed by atoms with Gasteiger partial charge in [0.1, 0.15) is 4.98 Å². The highest BCUT2D eigenvalue weighted by Gasteiger charge is 2.35. The minimum atomic E-state index is -3.96. The molecule has 0 radical (unpaired) electrons. The van der Waals surface area contributed by atoms with Gasteiger partial charge in [0, 0.05) is 22.9 Å². The van der Waals surface area contributed by atoms with Crippen molar-refractivity contribution < 1.29 is 18.3 Å². The number of fused-ring (bicyclic) bond motifs is 1. The average Bonchev–Trinajstić information content (AvgIpc) is 2.57. The van der Waals surface area contributed by atoms with Crippen molar-refractivity contribution in [2.24, 2.45) is 0 Å². The summed E-state index contributed by atoms with van der Waals surface area (Å²) >= 11 is 0. The fraction of sp³-hybridized carbons (Fsp3) is 0.0625. The molecule has 1 unspecified atom stereocenters. The van der Waals surface area contributed by atoms with Crippen LogP contribution in [0.15, 0.2) is 53.4 Å². The molecule has 1 aliphatic rings. The van der Waals surface area contributed by atoms with Crippen molar-refractivity contribution in [3.8, 4) is 5.75 Å². The van der Waals surface area contributed by atoms with Crippen molar-refractivity contribution in [1.29, 1.82) is 5.39 Å². The minimum absolute atomic E-state index is 0.0767. The van der Waals surface area contributed by atoms with Crippen LogP contribution in [0.5, 0.6) is 5.75 Å². The molecular weight excluding hydrogens is 330 g/mol. The van der Waals surface area contributed by atoms with Crippen molar-refractivity contribution in [2.45, 2.75) is 10.9 Å². The third kappa shape index (κ3) is 2.73. The molecule has 1 atom stereocenters. The first kappa shape index (κ1) is 15.7. The van der Waals surface area contributed by atoms with Crippen molar-refractivity contribution in [2.75, 3.05) is 4.72 Å². The second kappa shape index (κ2) is 5.79. The lowest BCUT2D eigenvalue weighted by molar-refractivity contribution is -0.268. The summed E-state index contributed by atoms with van der Waals surface area (Å²) in [4.78, 5) is 15.1. The Morgan fingerprint density at radius 3 is 2.50 bits per heavy atom. The third-order valence-corrected chi connectivity index (χ3v) is 5.01. The lowest BCUT2D eigenvalue weighted by Gasteiger charge is -2.15. The monoisotopic (exact) mass is 341 g/mol. The van der Waals surface area contributed by atoms with Crippen LogP contribution in [0.1, 0.15) is 15.9 Å². The van der Waals surface area contributed by atoms with Crippen LogP contribution in [0.4, 0.5) is 5.69 Å². The number of benzene rings is 2. The molecule has 1 aliphatic carbocycles. The second-order valence-electron chi connectivity index (χ2n) is 5.13. The first-order chi connectivity index (χ1) is 11.4. The zero-order valence-electron chi connectivity index (χ0n) is 12.2. The molecule has 120 valence electrons. The highest BCUT2D eigenvalue weighted by atomic mass is 32.2. The first-order valence-corrected chi connectivity index (χ1v) is 8.40. The van der Waals surface area contributed by atoms with Crippen molar-refractivity contribution in [3.05, 3.63) is 64.6 Å². The zero-order chi connectivity index (χ0) is 17.3. The molecule has 0 aliphatic heterocycles. The number of ketones is 1. The summed E-state index contributed by atoms with van der Waals surface area (Å²) in [5.74, 6) is -0.717. The predicted molar refractivity (Wildman–Crippen MR) is 85.4 cm³/mol. The lowest BCUT2D eigenvalue weighted by Crippen LogP contribution is -2.22. The summed E-state index contributed by atoms with van der Waals surface area (Å²) in [7, 11) is -3.96. The van der Waals surface area contributed by atoms with Crippen LogP contribution in [-0.4, -0.2) is 20.2 Å². The molecule has 8 heteroatoms. The maximum Gasteiger partial charge on any atom is 0.394 e. The van der Waals surface area contributed by atoms with Crippen molar-refractivity contribution in [1.82, 2.24) is 0 Å². The number of anilines is 1. The van der Waals surface area contributed by atoms with E-state index in [1.165, 1.54) is 54.6 Å². The van der Waals surface area contributed by atoms with Gasteiger partial charge >= 0.3 is 6.04 Å². The predicted octanol–water partition coefficient (Wildman–Crippen LogP) is 1.99. The highest BCUT2D eigenvalue weighted by molar-refractivity contribution is 7.92. The molecule has 2 aromatic rings. The second-order valence-corrected chi connectivity index (χ2v) is 6.78. The molecule has 0 fully saturated rings. The Morgan fingerprint density at radius 2 is 1.83 bits per heavy atom. The summed E-state index contributed by atoms with van der Waals surface area (Å²) in [5, 5.41) is 19.9. The van der Waals surface area contributed by atoms with E-state index < -0.39 is 21.8 Å². The Morgan fingerprint density at radius 1 is 1.12 bits per heavy atom. The van der Waals surface area contributed by atoms with Crippen LogP contribution in [0.25, 0.3) is 11.1 Å². The van der Waals surface area contributed by atoms with E-state index in [1.54, 1.807) is 0 Å². The van der Waals surface area contributed by atoms with E-state index in [0.717, 1.165) is 0 Å². The molecule has 0 saturated heterocycles. The maximum atomic E-state index is 12.6. The quantitative estimate of drug-likeness (QED) is 0.857. The molecule has 0 heterocycles. The zero-order valence-corrected chi connectivity index (χ0v) is 13.0. The highest BCUT2D eigenvalue weighted by Crippen LogP contribution is 2.28. The number of carbonyl (C=O) groups excluding carboxylic acids is 1. The van der Waals surface area contributed by atoms with Gasteiger partial charge in [0.25, 0.3) is 15.8 Å². The summed E-state index contributed by atoms with van der Waals surface area (Å²) in [6.45, 7) is 0. The Kier molecular flexibility index (Phi) is 3.79. The summed E-state index contributed by atoms with van der Waals surface area (Å²) in [6.07, 6.45) is 2.77. The number of hydrogen-bond acceptors (Lipinski definition) is 5. The average molecular weight is 341 g/mol. The SMILES string of the molecule is N#[N+]C1C=Cc2c(cccc2S(=O)(=O)Nc2ccc([O-])cc2)C1=O. The number of Topliss-reactive ketones (excluding diaryl/α,β-unsaturated/α-hetero) is 1. The van der Waals surface area contributed by atoms with Crippen LogP contribution in [0, 0.1) is 5.39 Å². The van der Waals surface area contributed by atoms with Gasteiger partial charge in [0.05, 0.1) is 4.90 Å². The summed E-state index contributed by atoms with van der Waals surface area (Å²) in [6, 6.07) is 8.47. The van der Waals surface area contributed by atoms with E-state index in [0.29, 0.717) is 0 Å². The van der Waals surface area contributed by atoms with Gasteiger partial charge in [0.2, 0.25) is 5.39 Å². The summed E-state index contributed by atoms with van der Waals surface area (Å²) < 4.78 is 27.6. The maximum absolute atomic E-state index is 12.6. The molecule has 0 aromatic heterocycles. The number of diazo groups is 1. The first-order valence-electron chi connectivity index (χ1n) is 6.92. The number of carbonyl (C=O) groups is 1. The molecule has 1 N–H and O–H groups in total. The standard InChI is InChI=1S/C16H11N3O4S/c17-18-14-9-8-12-13(16(14)21)2-1-3-15(12)24(22,23)19-10-4-6-11(20)7-5-10/h1-9,14,17H. The van der Waals surface area contributed by atoms with E-state index >= 15 is 0 Å². The Hall–Kier alpha value is -3.18. The molecular formula is C16H11N3O4S. The van der Waals surface area contributed by atoms with E-state index in [1.807, 2.05) is 0 Å². The van der Waals surface area contributed by atoms with Gasteiger partial charge in [-0.25, -0.2) is 8.42 Å². The van der Waals surface area contributed by atoms with E-state index in [9.17, 15) is 18.3 Å². The van der Waals surface area contributed by atoms with Crippen LogP contribution in [0.2, 0.25) is 0 Å². The van der Waals surface area contributed by atoms with Crippen LogP contribution >= 0.6 is 0 Å². The molecule has 0 saturated carbocycles. The van der Waals surface area contributed by atoms with Gasteiger partial charge in [-0.2, -0.15) is 0 Å². The van der Waals surface area contributed by atoms with E-state index in [2.05, 4.69) is 9.70 Å². The van der Waals surface area contributed by atoms with E-state index in [4.69, 9.17) is 5.39 Å². The number of rotatable bonds is 3. The minimum Gasteiger partial charge on any atom is -0.872 e. The smallest absolute Gasteiger partial charge is 0.394 e. The number of hydrogen-bond donors (Lipinski definition) is 1. The molecule has 0 bridgehead atoms. The molecule has 0 spiro atoms. The Labute approximate surface area is 137 Å². The Balaban J connectivity index is 2.04. The van der Waals surface area contributed by atoms with Gasteiger partial charge in [-0.05, 0) is 24.3 Å².